The average molecular weight is 791 g/mol. The van der Waals surface area contributed by atoms with Gasteiger partial charge in [0.1, 0.15) is 0 Å². The smallest absolute Gasteiger partial charge is 0.0629 e. The molecule has 2 atom stereocenters. The quantitative estimate of drug-likeness (QED) is 0.156. The van der Waals surface area contributed by atoms with Gasteiger partial charge in [-0.2, -0.15) is 0 Å². The van der Waals surface area contributed by atoms with Gasteiger partial charge in [0.15, 0.2) is 0 Å². The van der Waals surface area contributed by atoms with Gasteiger partial charge in [0.05, 0.1) is 22.8 Å². The van der Waals surface area contributed by atoms with Crippen molar-refractivity contribution in [3.05, 3.63) is 248 Å². The molecule has 2 unspecified atom stereocenters. The minimum Gasteiger partial charge on any atom is -0.333 e. The molecule has 0 spiro atoms. The van der Waals surface area contributed by atoms with Crippen LogP contribution < -0.4 is 4.90 Å². The minimum absolute atomic E-state index is 0.146. The number of nitrogens with zero attached hydrogens (tertiary/aromatic N) is 2. The van der Waals surface area contributed by atoms with E-state index in [0.717, 1.165) is 5.69 Å². The van der Waals surface area contributed by atoms with Gasteiger partial charge < -0.3 is 9.47 Å². The number of fused-ring (bicyclic) bond motifs is 6. The maximum atomic E-state index is 2.61. The predicted molar refractivity (Wildman–Crippen MR) is 261 cm³/mol. The Morgan fingerprint density at radius 3 is 1.40 bits per heavy atom. The maximum absolute atomic E-state index is 2.61. The first-order chi connectivity index (χ1) is 30.7. The molecule has 1 aliphatic carbocycles. The van der Waals surface area contributed by atoms with Gasteiger partial charge in [-0.1, -0.05) is 188 Å². The van der Waals surface area contributed by atoms with E-state index in [9.17, 15) is 0 Å². The third-order valence-electron chi connectivity index (χ3n) is 12.9. The van der Waals surface area contributed by atoms with Gasteiger partial charge in [-0.3, -0.25) is 0 Å². The number of anilines is 2. The normalized spacial score (nSPS) is 15.3. The summed E-state index contributed by atoms with van der Waals surface area (Å²) in [6.45, 7) is 0. The zero-order valence-electron chi connectivity index (χ0n) is 34.1. The van der Waals surface area contributed by atoms with Crippen LogP contribution in [0.5, 0.6) is 0 Å². The fourth-order valence-corrected chi connectivity index (χ4v) is 10.0. The van der Waals surface area contributed by atoms with E-state index in [2.05, 4.69) is 252 Å². The number of rotatable bonds is 7. The van der Waals surface area contributed by atoms with Gasteiger partial charge in [-0.25, -0.2) is 0 Å². The lowest BCUT2D eigenvalue weighted by atomic mass is 9.90. The number of aromatic nitrogens is 1. The highest BCUT2D eigenvalue weighted by Gasteiger charge is 2.39. The topological polar surface area (TPSA) is 8.17 Å². The molecule has 0 amide bonds. The van der Waals surface area contributed by atoms with E-state index < -0.39 is 0 Å². The SMILES string of the molecule is C1=CC2c3cccc(-c4ccc5c(c4)c4ccccc4n5-c4cc(-c5ccccc5)cc(-c5ccccc5)c4)c3N(c3cc(-c4ccccc4)cc(-c4ccccc4)c3)C2C=C1. The molecule has 292 valence electrons. The van der Waals surface area contributed by atoms with Crippen LogP contribution in [0.1, 0.15) is 11.5 Å². The molecule has 1 aromatic heterocycles. The Morgan fingerprint density at radius 2 is 0.823 bits per heavy atom. The summed E-state index contributed by atoms with van der Waals surface area (Å²) >= 11 is 0. The second kappa shape index (κ2) is 15.0. The Hall–Kier alpha value is -7.94. The zero-order valence-corrected chi connectivity index (χ0v) is 34.1. The average Bonchev–Trinajstić information content (AvgIpc) is 3.88. The lowest BCUT2D eigenvalue weighted by molar-refractivity contribution is 0.745. The lowest BCUT2D eigenvalue weighted by Crippen LogP contribution is -2.28. The molecule has 1 aliphatic heterocycles. The van der Waals surface area contributed by atoms with Crippen molar-refractivity contribution in [1.29, 1.82) is 0 Å². The molecular weight excluding hydrogens is 749 g/mol. The van der Waals surface area contributed by atoms with Crippen molar-refractivity contribution >= 4 is 33.2 Å². The molecule has 0 saturated heterocycles. The highest BCUT2D eigenvalue weighted by molar-refractivity contribution is 6.11. The van der Waals surface area contributed by atoms with Crippen molar-refractivity contribution in [3.63, 3.8) is 0 Å². The molecule has 0 fully saturated rings. The van der Waals surface area contributed by atoms with Crippen LogP contribution in [0.3, 0.4) is 0 Å². The molecular formula is C60H42N2. The first-order valence-corrected chi connectivity index (χ1v) is 21.6. The van der Waals surface area contributed by atoms with Crippen LogP contribution in [0.15, 0.2) is 243 Å². The van der Waals surface area contributed by atoms with Crippen LogP contribution >= 0.6 is 0 Å². The van der Waals surface area contributed by atoms with E-state index >= 15 is 0 Å². The van der Waals surface area contributed by atoms with Gasteiger partial charge in [-0.15, -0.1) is 0 Å². The third kappa shape index (κ3) is 6.11. The van der Waals surface area contributed by atoms with Gasteiger partial charge in [0.25, 0.3) is 0 Å². The first kappa shape index (κ1) is 36.0. The van der Waals surface area contributed by atoms with Crippen molar-refractivity contribution in [2.45, 2.75) is 12.0 Å². The summed E-state index contributed by atoms with van der Waals surface area (Å²) in [4.78, 5) is 2.61. The van der Waals surface area contributed by atoms with E-state index in [1.54, 1.807) is 0 Å². The van der Waals surface area contributed by atoms with E-state index in [4.69, 9.17) is 0 Å². The van der Waals surface area contributed by atoms with Crippen molar-refractivity contribution in [2.24, 2.45) is 0 Å². The molecule has 2 aliphatic rings. The first-order valence-electron chi connectivity index (χ1n) is 21.6. The molecule has 2 heterocycles. The van der Waals surface area contributed by atoms with Crippen molar-refractivity contribution in [1.82, 2.24) is 4.57 Å². The third-order valence-corrected chi connectivity index (χ3v) is 12.9. The predicted octanol–water partition coefficient (Wildman–Crippen LogP) is 15.8. The summed E-state index contributed by atoms with van der Waals surface area (Å²) in [6, 6.07) is 80.3. The van der Waals surface area contributed by atoms with Crippen LogP contribution in [-0.4, -0.2) is 10.6 Å². The molecule has 9 aromatic carbocycles. The maximum Gasteiger partial charge on any atom is 0.0629 e. The molecule has 0 saturated carbocycles. The summed E-state index contributed by atoms with van der Waals surface area (Å²) in [6.07, 6.45) is 9.20. The summed E-state index contributed by atoms with van der Waals surface area (Å²) in [5.41, 5.74) is 19.4. The molecule has 12 rings (SSSR count). The molecule has 10 aromatic rings. The minimum atomic E-state index is 0.146. The van der Waals surface area contributed by atoms with Gasteiger partial charge >= 0.3 is 0 Å². The highest BCUT2D eigenvalue weighted by Crippen LogP contribution is 2.53. The van der Waals surface area contributed by atoms with E-state index in [0.29, 0.717) is 0 Å². The second-order valence-corrected chi connectivity index (χ2v) is 16.5. The second-order valence-electron chi connectivity index (χ2n) is 16.5. The zero-order chi connectivity index (χ0) is 41.0. The number of allylic oxidation sites excluding steroid dienone is 2. The van der Waals surface area contributed by atoms with E-state index in [1.165, 1.54) is 94.4 Å². The lowest BCUT2D eigenvalue weighted by Gasteiger charge is -2.31. The Balaban J connectivity index is 1.05. The number of para-hydroxylation sites is 2. The van der Waals surface area contributed by atoms with Crippen molar-refractivity contribution < 1.29 is 0 Å². The van der Waals surface area contributed by atoms with Gasteiger partial charge in [0, 0.05) is 33.6 Å². The molecule has 0 radical (unpaired) electrons. The molecule has 2 heteroatoms. The summed E-state index contributed by atoms with van der Waals surface area (Å²) in [5, 5.41) is 2.48. The van der Waals surface area contributed by atoms with Crippen LogP contribution in [-0.2, 0) is 0 Å². The van der Waals surface area contributed by atoms with E-state index in [1.807, 2.05) is 0 Å². The van der Waals surface area contributed by atoms with Crippen molar-refractivity contribution in [2.75, 3.05) is 4.90 Å². The summed E-state index contributed by atoms with van der Waals surface area (Å²) in [5.74, 6) is 0.233. The van der Waals surface area contributed by atoms with Crippen LogP contribution in [0.2, 0.25) is 0 Å². The Labute approximate surface area is 362 Å². The van der Waals surface area contributed by atoms with Crippen molar-refractivity contribution in [3.8, 4) is 61.3 Å². The fraction of sp³-hybridized carbons (Fsp3) is 0.0333. The Kier molecular flexibility index (Phi) is 8.67. The molecule has 2 nitrogen and oxygen atoms in total. The summed E-state index contributed by atoms with van der Waals surface area (Å²) < 4.78 is 2.46. The standard InChI is InChI=1S/C60H42N2/c1-5-18-41(19-6-1)46-34-47(42-20-7-2-8-21-42)37-50(36-46)61-57-30-15-14-27-54(57)56-40-45(32-33-59(56)61)52-28-17-29-55-53-26-13-16-31-58(53)62(60(52)55)51-38-48(43-22-9-3-10-23-43)35-49(39-51)44-24-11-4-12-25-44/h1-40,53,58H. The fourth-order valence-electron chi connectivity index (χ4n) is 10.0. The van der Waals surface area contributed by atoms with Crippen LogP contribution in [0, 0.1) is 0 Å². The van der Waals surface area contributed by atoms with Gasteiger partial charge in [-0.05, 0) is 110 Å². The van der Waals surface area contributed by atoms with Crippen LogP contribution in [0.4, 0.5) is 11.4 Å². The van der Waals surface area contributed by atoms with Gasteiger partial charge in [0.2, 0.25) is 0 Å². The molecule has 0 N–H and O–H groups in total. The number of benzene rings is 9. The monoisotopic (exact) mass is 790 g/mol. The Bertz CT molecular complexity index is 3230. The largest absolute Gasteiger partial charge is 0.333 e. The Morgan fingerprint density at radius 1 is 0.323 bits per heavy atom. The van der Waals surface area contributed by atoms with E-state index in [-0.39, 0.29) is 12.0 Å². The number of hydrogen-bond donors (Lipinski definition) is 0. The summed E-state index contributed by atoms with van der Waals surface area (Å²) in [7, 11) is 0. The number of hydrogen-bond acceptors (Lipinski definition) is 1. The highest BCUT2D eigenvalue weighted by atomic mass is 15.2. The molecule has 0 bridgehead atoms. The molecule has 62 heavy (non-hydrogen) atoms. The van der Waals surface area contributed by atoms with Crippen LogP contribution in [0.25, 0.3) is 83.1 Å².